The first-order valence-electron chi connectivity index (χ1n) is 5.00. The predicted molar refractivity (Wildman–Crippen MR) is 69.8 cm³/mol. The lowest BCUT2D eigenvalue weighted by molar-refractivity contribution is -0.385. The van der Waals surface area contributed by atoms with Crippen molar-refractivity contribution in [3.8, 4) is 0 Å². The lowest BCUT2D eigenvalue weighted by Gasteiger charge is -1.97. The predicted octanol–water partition coefficient (Wildman–Crippen LogP) is 0.432. The molecule has 0 bridgehead atoms. The maximum Gasteiger partial charge on any atom is 0.300 e. The van der Waals surface area contributed by atoms with Gasteiger partial charge in [0.05, 0.1) is 11.1 Å². The van der Waals surface area contributed by atoms with Gasteiger partial charge in [-0.25, -0.2) is 4.39 Å². The number of nitrogens with two attached hydrogens (primary N) is 2. The Morgan fingerprint density at radius 2 is 2.05 bits per heavy atom. The lowest BCUT2D eigenvalue weighted by atomic mass is 10.2. The van der Waals surface area contributed by atoms with Crippen LogP contribution < -0.4 is 11.5 Å². The third-order valence-corrected chi connectivity index (χ3v) is 1.59. The highest BCUT2D eigenvalue weighted by Gasteiger charge is 2.15. The van der Waals surface area contributed by atoms with Gasteiger partial charge in [-0.15, -0.1) is 5.10 Å². The van der Waals surface area contributed by atoms with E-state index in [1.165, 1.54) is 6.07 Å². The topological polar surface area (TPSA) is 157 Å². The van der Waals surface area contributed by atoms with Crippen molar-refractivity contribution in [2.75, 3.05) is 0 Å². The summed E-state index contributed by atoms with van der Waals surface area (Å²) >= 11 is 0. The molecule has 5 N–H and O–H groups in total. The number of halogens is 1. The van der Waals surface area contributed by atoms with Crippen molar-refractivity contribution in [3.63, 3.8) is 0 Å². The van der Waals surface area contributed by atoms with Crippen LogP contribution in [-0.2, 0) is 4.79 Å². The summed E-state index contributed by atoms with van der Waals surface area (Å²) in [5.74, 6) is -1.93. The van der Waals surface area contributed by atoms with Crippen molar-refractivity contribution in [1.29, 1.82) is 0 Å². The Hall–Kier alpha value is -3.04. The minimum atomic E-state index is -0.833. The van der Waals surface area contributed by atoms with Gasteiger partial charge in [0.1, 0.15) is 11.4 Å². The highest BCUT2D eigenvalue weighted by molar-refractivity contribution is 5.86. The number of carbonyl (C=O) groups is 1. The number of guanidine groups is 1. The molecule has 0 aliphatic carbocycles. The highest BCUT2D eigenvalue weighted by Crippen LogP contribution is 2.19. The number of nitro benzene ring substituents is 1. The standard InChI is InChI=1S/C8H8FN5O2.C2H4O2/c9-6-2-1-3-7(14(15)16)5(6)4-12-13-8(10)11;1-2(3)4/h1-4H,(H4,10,11,13);1H3,(H,3,4)/b12-4+;. The fraction of sp³-hybridized carbons (Fsp3) is 0.100. The van der Waals surface area contributed by atoms with Crippen LogP contribution >= 0.6 is 0 Å². The molecule has 108 valence electrons. The Morgan fingerprint density at radius 3 is 2.50 bits per heavy atom. The van der Waals surface area contributed by atoms with E-state index in [2.05, 4.69) is 10.2 Å². The normalized spacial score (nSPS) is 9.50. The van der Waals surface area contributed by atoms with Gasteiger partial charge in [-0.05, 0) is 6.07 Å². The van der Waals surface area contributed by atoms with E-state index in [0.29, 0.717) is 0 Å². The van der Waals surface area contributed by atoms with Gasteiger partial charge in [0.25, 0.3) is 11.7 Å². The molecule has 9 nitrogen and oxygen atoms in total. The van der Waals surface area contributed by atoms with Crippen LogP contribution in [0.3, 0.4) is 0 Å². The molecule has 1 aromatic carbocycles. The van der Waals surface area contributed by atoms with Crippen LogP contribution in [0.1, 0.15) is 12.5 Å². The van der Waals surface area contributed by atoms with E-state index in [9.17, 15) is 14.5 Å². The average Bonchev–Trinajstić information content (AvgIpc) is 2.29. The molecule has 0 heterocycles. The van der Waals surface area contributed by atoms with Gasteiger partial charge in [-0.2, -0.15) is 5.10 Å². The Labute approximate surface area is 112 Å². The number of nitrogens with zero attached hydrogens (tertiary/aromatic N) is 3. The number of rotatable bonds is 3. The van der Waals surface area contributed by atoms with Crippen molar-refractivity contribution in [3.05, 3.63) is 39.7 Å². The van der Waals surface area contributed by atoms with Crippen molar-refractivity contribution >= 4 is 23.8 Å². The molecule has 0 radical (unpaired) electrons. The average molecular weight is 285 g/mol. The first-order chi connectivity index (χ1) is 9.25. The molecule has 0 aliphatic rings. The third-order valence-electron chi connectivity index (χ3n) is 1.59. The van der Waals surface area contributed by atoms with Crippen LogP contribution in [0.4, 0.5) is 10.1 Å². The van der Waals surface area contributed by atoms with Crippen molar-refractivity contribution in [2.45, 2.75) is 6.92 Å². The maximum atomic E-state index is 13.2. The van der Waals surface area contributed by atoms with Gasteiger partial charge in [0.15, 0.2) is 0 Å². The molecule has 20 heavy (non-hydrogen) atoms. The van der Waals surface area contributed by atoms with Gasteiger partial charge >= 0.3 is 0 Å². The first kappa shape index (κ1) is 17.0. The number of benzene rings is 1. The van der Waals surface area contributed by atoms with E-state index in [-0.39, 0.29) is 11.5 Å². The second kappa shape index (κ2) is 8.13. The Kier molecular flexibility index (Phi) is 6.89. The minimum Gasteiger partial charge on any atom is -0.481 e. The van der Waals surface area contributed by atoms with Gasteiger partial charge in [0.2, 0.25) is 5.96 Å². The SMILES string of the molecule is CC(=O)O.NC(N)=N/N=C/c1c(F)cccc1[N+](=O)[O-]. The van der Waals surface area contributed by atoms with Crippen LogP contribution in [0, 0.1) is 15.9 Å². The Balaban J connectivity index is 0.000000796. The molecule has 1 rings (SSSR count). The smallest absolute Gasteiger partial charge is 0.300 e. The Morgan fingerprint density at radius 1 is 1.50 bits per heavy atom. The maximum absolute atomic E-state index is 13.2. The van der Waals surface area contributed by atoms with Gasteiger partial charge in [-0.1, -0.05) is 6.07 Å². The van der Waals surface area contributed by atoms with E-state index in [0.717, 1.165) is 25.3 Å². The zero-order valence-electron chi connectivity index (χ0n) is 10.4. The molecule has 10 heteroatoms. The number of hydrogen-bond donors (Lipinski definition) is 3. The Bertz CT molecular complexity index is 551. The monoisotopic (exact) mass is 285 g/mol. The summed E-state index contributed by atoms with van der Waals surface area (Å²) in [6, 6.07) is 3.45. The fourth-order valence-electron chi connectivity index (χ4n) is 0.966. The lowest BCUT2D eigenvalue weighted by Crippen LogP contribution is -2.21. The minimum absolute atomic E-state index is 0.280. The highest BCUT2D eigenvalue weighted by atomic mass is 19.1. The summed E-state index contributed by atoms with van der Waals surface area (Å²) in [4.78, 5) is 18.8. The number of hydrogen-bond acceptors (Lipinski definition) is 5. The van der Waals surface area contributed by atoms with Crippen molar-refractivity contribution in [2.24, 2.45) is 21.7 Å². The van der Waals surface area contributed by atoms with Gasteiger partial charge < -0.3 is 16.6 Å². The quantitative estimate of drug-likeness (QED) is 0.316. The second-order valence-electron chi connectivity index (χ2n) is 3.22. The summed E-state index contributed by atoms with van der Waals surface area (Å²) in [6.07, 6.45) is 0.882. The summed E-state index contributed by atoms with van der Waals surface area (Å²) in [5, 5.41) is 24.5. The molecule has 1 aromatic rings. The molecule has 0 unspecified atom stereocenters. The number of aliphatic carboxylic acids is 1. The first-order valence-corrected chi connectivity index (χ1v) is 5.00. The van der Waals surface area contributed by atoms with E-state index in [1.54, 1.807) is 0 Å². The molecule has 0 fully saturated rings. The van der Waals surface area contributed by atoms with Crippen molar-refractivity contribution in [1.82, 2.24) is 0 Å². The molecule has 0 atom stereocenters. The largest absolute Gasteiger partial charge is 0.481 e. The number of nitro groups is 1. The molecular formula is C10H12FN5O4. The molecule has 0 aliphatic heterocycles. The molecular weight excluding hydrogens is 273 g/mol. The summed E-state index contributed by atoms with van der Waals surface area (Å²) in [5.41, 5.74) is 9.27. The van der Waals surface area contributed by atoms with Crippen LogP contribution in [-0.4, -0.2) is 28.2 Å². The molecule has 0 saturated heterocycles. The van der Waals surface area contributed by atoms with Crippen LogP contribution in [0.15, 0.2) is 28.4 Å². The zero-order valence-corrected chi connectivity index (χ0v) is 10.4. The second-order valence-corrected chi connectivity index (χ2v) is 3.22. The summed E-state index contributed by atoms with van der Waals surface area (Å²) < 4.78 is 13.2. The molecule has 0 aromatic heterocycles. The summed E-state index contributed by atoms with van der Waals surface area (Å²) in [6.45, 7) is 1.08. The molecule has 0 spiro atoms. The van der Waals surface area contributed by atoms with E-state index in [4.69, 9.17) is 21.4 Å². The van der Waals surface area contributed by atoms with Crippen LogP contribution in [0.2, 0.25) is 0 Å². The van der Waals surface area contributed by atoms with E-state index in [1.807, 2.05) is 0 Å². The van der Waals surface area contributed by atoms with Crippen molar-refractivity contribution < 1.29 is 19.2 Å². The molecule has 0 saturated carbocycles. The third kappa shape index (κ3) is 6.64. The van der Waals surface area contributed by atoms with Gasteiger partial charge in [0, 0.05) is 13.0 Å². The van der Waals surface area contributed by atoms with Crippen LogP contribution in [0.5, 0.6) is 0 Å². The fourth-order valence-corrected chi connectivity index (χ4v) is 0.966. The van der Waals surface area contributed by atoms with E-state index >= 15 is 0 Å². The number of carboxylic acids is 1. The molecule has 0 amide bonds. The zero-order chi connectivity index (χ0) is 15.7. The van der Waals surface area contributed by atoms with E-state index < -0.39 is 22.4 Å². The number of carboxylic acid groups (broad SMARTS) is 1. The van der Waals surface area contributed by atoms with Gasteiger partial charge in [-0.3, -0.25) is 14.9 Å². The summed E-state index contributed by atoms with van der Waals surface area (Å²) in [7, 11) is 0. The van der Waals surface area contributed by atoms with Crippen LogP contribution in [0.25, 0.3) is 0 Å².